The lowest BCUT2D eigenvalue weighted by atomic mass is 9.83. The van der Waals surface area contributed by atoms with E-state index in [0.29, 0.717) is 23.4 Å². The maximum Gasteiger partial charge on any atom is 0.337 e. The molecule has 6 heteroatoms. The van der Waals surface area contributed by atoms with Crippen LogP contribution in [-0.2, 0) is 25.6 Å². The van der Waals surface area contributed by atoms with Crippen LogP contribution in [-0.4, -0.2) is 37.0 Å². The second kappa shape index (κ2) is 8.95. The fourth-order valence-electron chi connectivity index (χ4n) is 3.80. The molecule has 0 radical (unpaired) electrons. The number of ether oxygens (including phenoxy) is 2. The summed E-state index contributed by atoms with van der Waals surface area (Å²) in [5.74, 6) is -1.26. The van der Waals surface area contributed by atoms with Crippen molar-refractivity contribution in [3.8, 4) is 0 Å². The number of aryl methyl sites for hydroxylation is 1. The molecule has 0 unspecified atom stereocenters. The van der Waals surface area contributed by atoms with Crippen molar-refractivity contribution in [2.45, 2.75) is 32.7 Å². The molecule has 0 saturated heterocycles. The van der Waals surface area contributed by atoms with Crippen molar-refractivity contribution < 1.29 is 23.9 Å². The van der Waals surface area contributed by atoms with Gasteiger partial charge in [-0.05, 0) is 37.1 Å². The minimum absolute atomic E-state index is 0.0660. The minimum Gasteiger partial charge on any atom is -0.466 e. The summed E-state index contributed by atoms with van der Waals surface area (Å²) in [6.07, 6.45) is 0.186. The number of hydrogen-bond donors (Lipinski definition) is 0. The van der Waals surface area contributed by atoms with Gasteiger partial charge in [0, 0.05) is 18.0 Å². The lowest BCUT2D eigenvalue weighted by Crippen LogP contribution is -2.38. The van der Waals surface area contributed by atoms with E-state index in [2.05, 4.69) is 0 Å². The van der Waals surface area contributed by atoms with Gasteiger partial charge in [-0.15, -0.1) is 0 Å². The van der Waals surface area contributed by atoms with Crippen LogP contribution in [0.4, 0.5) is 0 Å². The molecular weight excluding hydrogens is 382 g/mol. The molecular formula is C24H25NO5. The van der Waals surface area contributed by atoms with Crippen molar-refractivity contribution in [2.75, 3.05) is 14.2 Å². The van der Waals surface area contributed by atoms with Crippen molar-refractivity contribution >= 4 is 17.8 Å². The Morgan fingerprint density at radius 1 is 1.00 bits per heavy atom. The van der Waals surface area contributed by atoms with Gasteiger partial charge in [0.15, 0.2) is 0 Å². The molecule has 2 aromatic rings. The molecule has 1 aliphatic rings. The quantitative estimate of drug-likeness (QED) is 0.706. The van der Waals surface area contributed by atoms with Gasteiger partial charge in [-0.1, -0.05) is 42.0 Å². The van der Waals surface area contributed by atoms with Crippen molar-refractivity contribution in [3.05, 3.63) is 82.1 Å². The first-order valence-corrected chi connectivity index (χ1v) is 9.69. The fourth-order valence-corrected chi connectivity index (χ4v) is 3.80. The largest absolute Gasteiger partial charge is 0.466 e. The predicted octanol–water partition coefficient (Wildman–Crippen LogP) is 3.74. The Hall–Kier alpha value is -3.41. The molecule has 1 amide bonds. The SMILES string of the molecule is COC(=O)C1=C(C)N(Cc2ccc(C(=O)OC)cc2)C(=O)C[C@H]1c1cccc(C)c1. The number of carbonyl (C=O) groups is 3. The monoisotopic (exact) mass is 407 g/mol. The average Bonchev–Trinajstić information content (AvgIpc) is 2.75. The van der Waals surface area contributed by atoms with Gasteiger partial charge in [-0.2, -0.15) is 0 Å². The van der Waals surface area contributed by atoms with E-state index in [4.69, 9.17) is 9.47 Å². The Balaban J connectivity index is 1.96. The molecule has 156 valence electrons. The third kappa shape index (κ3) is 4.27. The number of benzene rings is 2. The van der Waals surface area contributed by atoms with Gasteiger partial charge in [0.05, 0.1) is 31.9 Å². The van der Waals surface area contributed by atoms with Gasteiger partial charge in [0.25, 0.3) is 0 Å². The van der Waals surface area contributed by atoms with Gasteiger partial charge >= 0.3 is 11.9 Å². The number of methoxy groups -OCH3 is 2. The summed E-state index contributed by atoms with van der Waals surface area (Å²) >= 11 is 0. The molecule has 0 aliphatic carbocycles. The van der Waals surface area contributed by atoms with Gasteiger partial charge in [0.1, 0.15) is 0 Å². The van der Waals surface area contributed by atoms with Gasteiger partial charge in [0.2, 0.25) is 5.91 Å². The first-order valence-electron chi connectivity index (χ1n) is 9.69. The highest BCUT2D eigenvalue weighted by Crippen LogP contribution is 2.37. The summed E-state index contributed by atoms with van der Waals surface area (Å²) in [6, 6.07) is 14.7. The van der Waals surface area contributed by atoms with E-state index in [1.54, 1.807) is 36.1 Å². The zero-order chi connectivity index (χ0) is 21.8. The number of hydrogen-bond acceptors (Lipinski definition) is 5. The molecule has 0 N–H and O–H groups in total. The fraction of sp³-hybridized carbons (Fsp3) is 0.292. The van der Waals surface area contributed by atoms with E-state index < -0.39 is 11.9 Å². The number of allylic oxidation sites excluding steroid dienone is 1. The van der Waals surface area contributed by atoms with E-state index in [0.717, 1.165) is 16.7 Å². The average molecular weight is 407 g/mol. The summed E-state index contributed by atoms with van der Waals surface area (Å²) in [4.78, 5) is 38.9. The van der Waals surface area contributed by atoms with E-state index in [9.17, 15) is 14.4 Å². The molecule has 1 atom stereocenters. The summed E-state index contributed by atoms with van der Waals surface area (Å²) in [6.45, 7) is 4.05. The van der Waals surface area contributed by atoms with Crippen LogP contribution in [0.2, 0.25) is 0 Å². The van der Waals surface area contributed by atoms with Crippen molar-refractivity contribution in [1.29, 1.82) is 0 Å². The zero-order valence-corrected chi connectivity index (χ0v) is 17.6. The highest BCUT2D eigenvalue weighted by molar-refractivity contribution is 5.95. The van der Waals surface area contributed by atoms with Crippen LogP contribution in [0.25, 0.3) is 0 Å². The van der Waals surface area contributed by atoms with Crippen LogP contribution in [0, 0.1) is 6.92 Å². The second-order valence-corrected chi connectivity index (χ2v) is 7.33. The Morgan fingerprint density at radius 3 is 2.27 bits per heavy atom. The first kappa shape index (κ1) is 21.3. The van der Waals surface area contributed by atoms with Crippen LogP contribution in [0.1, 0.15) is 46.3 Å². The second-order valence-electron chi connectivity index (χ2n) is 7.33. The summed E-state index contributed by atoms with van der Waals surface area (Å²) in [7, 11) is 2.68. The number of amides is 1. The van der Waals surface area contributed by atoms with Crippen molar-refractivity contribution in [1.82, 2.24) is 4.90 Å². The first-order chi connectivity index (χ1) is 14.3. The maximum atomic E-state index is 13.0. The van der Waals surface area contributed by atoms with Gasteiger partial charge in [-0.25, -0.2) is 9.59 Å². The van der Waals surface area contributed by atoms with Crippen molar-refractivity contribution in [3.63, 3.8) is 0 Å². The molecule has 1 heterocycles. The summed E-state index contributed by atoms with van der Waals surface area (Å²) in [5, 5.41) is 0. The third-order valence-electron chi connectivity index (χ3n) is 5.39. The van der Waals surface area contributed by atoms with E-state index in [-0.39, 0.29) is 18.2 Å². The summed E-state index contributed by atoms with van der Waals surface area (Å²) in [5.41, 5.74) is 4.34. The summed E-state index contributed by atoms with van der Waals surface area (Å²) < 4.78 is 9.76. The Morgan fingerprint density at radius 2 is 1.67 bits per heavy atom. The standard InChI is InChI=1S/C24H25NO5/c1-15-6-5-7-19(12-15)20-13-21(26)25(16(2)22(20)24(28)30-4)14-17-8-10-18(11-9-17)23(27)29-3/h5-12,20H,13-14H2,1-4H3/t20-/m0/s1. The normalized spacial score (nSPS) is 16.5. The minimum atomic E-state index is -0.433. The topological polar surface area (TPSA) is 72.9 Å². The molecule has 0 saturated carbocycles. The highest BCUT2D eigenvalue weighted by atomic mass is 16.5. The molecule has 6 nitrogen and oxygen atoms in total. The number of nitrogens with zero attached hydrogens (tertiary/aromatic N) is 1. The van der Waals surface area contributed by atoms with Crippen molar-refractivity contribution in [2.24, 2.45) is 0 Å². The molecule has 2 aromatic carbocycles. The van der Waals surface area contributed by atoms with Crippen LogP contribution in [0.15, 0.2) is 59.8 Å². The number of esters is 2. The molecule has 30 heavy (non-hydrogen) atoms. The number of carbonyl (C=O) groups excluding carboxylic acids is 3. The lowest BCUT2D eigenvalue weighted by Gasteiger charge is -2.34. The third-order valence-corrected chi connectivity index (χ3v) is 5.39. The molecule has 0 fully saturated rings. The zero-order valence-electron chi connectivity index (χ0n) is 17.6. The van der Waals surface area contributed by atoms with E-state index in [1.165, 1.54) is 14.2 Å². The van der Waals surface area contributed by atoms with Crippen LogP contribution < -0.4 is 0 Å². The van der Waals surface area contributed by atoms with Crippen LogP contribution in [0.3, 0.4) is 0 Å². The van der Waals surface area contributed by atoms with Crippen LogP contribution in [0.5, 0.6) is 0 Å². The Kier molecular flexibility index (Phi) is 6.35. The van der Waals surface area contributed by atoms with Gasteiger partial charge in [-0.3, -0.25) is 4.79 Å². The Labute approximate surface area is 176 Å². The molecule has 0 spiro atoms. The van der Waals surface area contributed by atoms with E-state index in [1.807, 2.05) is 31.2 Å². The maximum absolute atomic E-state index is 13.0. The molecule has 0 bridgehead atoms. The van der Waals surface area contributed by atoms with E-state index >= 15 is 0 Å². The smallest absolute Gasteiger partial charge is 0.337 e. The predicted molar refractivity (Wildman–Crippen MR) is 112 cm³/mol. The molecule has 1 aliphatic heterocycles. The van der Waals surface area contributed by atoms with Crippen LogP contribution >= 0.6 is 0 Å². The molecule has 3 rings (SSSR count). The molecule has 0 aromatic heterocycles. The lowest BCUT2D eigenvalue weighted by molar-refractivity contribution is -0.138. The van der Waals surface area contributed by atoms with Gasteiger partial charge < -0.3 is 14.4 Å². The highest BCUT2D eigenvalue weighted by Gasteiger charge is 2.36. The Bertz CT molecular complexity index is 1010. The number of rotatable bonds is 5.